The average molecular weight is 448 g/mol. The van der Waals surface area contributed by atoms with Crippen molar-refractivity contribution in [1.82, 2.24) is 20.4 Å². The third-order valence-corrected chi connectivity index (χ3v) is 8.58. The van der Waals surface area contributed by atoms with Crippen LogP contribution in [0.1, 0.15) is 56.4 Å². The summed E-state index contributed by atoms with van der Waals surface area (Å²) in [6, 6.07) is 4.88. The minimum atomic E-state index is 0.211. The van der Waals surface area contributed by atoms with Crippen LogP contribution in [0.3, 0.4) is 0 Å². The molecule has 0 aliphatic carbocycles. The van der Waals surface area contributed by atoms with Gasteiger partial charge in [-0.1, -0.05) is 13.0 Å². The monoisotopic (exact) mass is 447 g/mol. The maximum Gasteiger partial charge on any atom is 0.191 e. The van der Waals surface area contributed by atoms with E-state index in [1.54, 1.807) is 0 Å². The molecular formula is C24H41N5OS. The molecule has 0 saturated carbocycles. The number of rotatable bonds is 7. The maximum atomic E-state index is 5.71. The molecule has 7 heteroatoms. The third-order valence-electron chi connectivity index (χ3n) is 7.60. The minimum Gasteiger partial charge on any atom is -0.381 e. The van der Waals surface area contributed by atoms with Gasteiger partial charge in [-0.2, -0.15) is 0 Å². The van der Waals surface area contributed by atoms with Gasteiger partial charge in [-0.05, 0) is 82.1 Å². The van der Waals surface area contributed by atoms with Crippen LogP contribution in [0, 0.1) is 5.92 Å². The molecule has 0 aromatic carbocycles. The van der Waals surface area contributed by atoms with Gasteiger partial charge in [-0.15, -0.1) is 11.3 Å². The van der Waals surface area contributed by atoms with Crippen LogP contribution in [0.2, 0.25) is 0 Å². The number of hydrogen-bond donors (Lipinski definition) is 2. The van der Waals surface area contributed by atoms with Crippen molar-refractivity contribution in [2.75, 3.05) is 59.5 Å². The number of piperidine rings is 1. The van der Waals surface area contributed by atoms with E-state index in [1.807, 2.05) is 18.4 Å². The van der Waals surface area contributed by atoms with E-state index in [2.05, 4.69) is 49.9 Å². The number of nitrogens with zero attached hydrogens (tertiary/aromatic N) is 3. The highest BCUT2D eigenvalue weighted by Crippen LogP contribution is 2.31. The van der Waals surface area contributed by atoms with E-state index in [4.69, 9.17) is 4.74 Å². The van der Waals surface area contributed by atoms with Crippen LogP contribution in [0.4, 0.5) is 0 Å². The van der Waals surface area contributed by atoms with Crippen molar-refractivity contribution in [3.05, 3.63) is 22.4 Å². The average Bonchev–Trinajstić information content (AvgIpc) is 3.53. The molecular weight excluding hydrogens is 406 g/mol. The van der Waals surface area contributed by atoms with Gasteiger partial charge in [0.05, 0.1) is 6.04 Å². The molecule has 4 rings (SSSR count). The first-order valence-corrected chi connectivity index (χ1v) is 13.1. The van der Waals surface area contributed by atoms with Crippen LogP contribution < -0.4 is 10.6 Å². The van der Waals surface area contributed by atoms with Gasteiger partial charge in [0.25, 0.3) is 0 Å². The van der Waals surface area contributed by atoms with Crippen molar-refractivity contribution in [1.29, 1.82) is 0 Å². The molecule has 3 fully saturated rings. The van der Waals surface area contributed by atoms with Crippen molar-refractivity contribution in [2.45, 2.75) is 57.0 Å². The summed E-state index contributed by atoms with van der Waals surface area (Å²) < 4.78 is 5.71. The summed E-state index contributed by atoms with van der Waals surface area (Å²) in [7, 11) is 1.89. The first-order valence-electron chi connectivity index (χ1n) is 12.2. The molecule has 1 aromatic rings. The minimum absolute atomic E-state index is 0.211. The van der Waals surface area contributed by atoms with Crippen LogP contribution in [-0.4, -0.2) is 80.8 Å². The van der Waals surface area contributed by atoms with E-state index < -0.39 is 0 Å². The molecule has 31 heavy (non-hydrogen) atoms. The molecule has 0 radical (unpaired) electrons. The smallest absolute Gasteiger partial charge is 0.191 e. The first kappa shape index (κ1) is 23.0. The number of hydrogen-bond acceptors (Lipinski definition) is 5. The number of nitrogens with one attached hydrogen (secondary N) is 2. The Labute approximate surface area is 192 Å². The summed E-state index contributed by atoms with van der Waals surface area (Å²) in [5.41, 5.74) is 0.211. The molecule has 3 aliphatic heterocycles. The molecule has 2 N–H and O–H groups in total. The van der Waals surface area contributed by atoms with Crippen molar-refractivity contribution >= 4 is 17.3 Å². The molecule has 6 nitrogen and oxygen atoms in total. The molecule has 174 valence electrons. The molecule has 0 amide bonds. The van der Waals surface area contributed by atoms with E-state index in [0.717, 1.165) is 51.0 Å². The van der Waals surface area contributed by atoms with Gasteiger partial charge < -0.3 is 15.4 Å². The Morgan fingerprint density at radius 3 is 2.58 bits per heavy atom. The van der Waals surface area contributed by atoms with Gasteiger partial charge in [-0.25, -0.2) is 0 Å². The van der Waals surface area contributed by atoms with Crippen LogP contribution >= 0.6 is 11.3 Å². The zero-order chi connectivity index (χ0) is 21.5. The lowest BCUT2D eigenvalue weighted by atomic mass is 9.88. The predicted molar refractivity (Wildman–Crippen MR) is 130 cm³/mol. The number of guanidine groups is 1. The van der Waals surface area contributed by atoms with Crippen molar-refractivity contribution in [3.8, 4) is 0 Å². The summed E-state index contributed by atoms with van der Waals surface area (Å²) in [5, 5.41) is 9.56. The Hall–Kier alpha value is -1.15. The standard InChI is InChI=1S/C24H41N5OS/c1-20-7-13-28(14-8-20)21(22-6-5-17-31-22)18-26-23(25-2)27-19-24(9-15-30-16-10-24)29-11-3-4-12-29/h5-6,17,20-21H,3-4,7-16,18-19H2,1-2H3,(H2,25,26,27). The quantitative estimate of drug-likeness (QED) is 0.496. The van der Waals surface area contributed by atoms with Gasteiger partial charge in [0.2, 0.25) is 0 Å². The van der Waals surface area contributed by atoms with Gasteiger partial charge >= 0.3 is 0 Å². The van der Waals surface area contributed by atoms with Gasteiger partial charge in [-0.3, -0.25) is 14.8 Å². The highest BCUT2D eigenvalue weighted by molar-refractivity contribution is 7.10. The number of aliphatic imine (C=N–C) groups is 1. The van der Waals surface area contributed by atoms with Crippen molar-refractivity contribution in [2.24, 2.45) is 10.9 Å². The summed E-state index contributed by atoms with van der Waals surface area (Å²) in [4.78, 5) is 11.4. The molecule has 1 unspecified atom stereocenters. The summed E-state index contributed by atoms with van der Waals surface area (Å²) >= 11 is 1.87. The Kier molecular flexibility index (Phi) is 8.26. The molecule has 1 atom stereocenters. The van der Waals surface area contributed by atoms with Gasteiger partial charge in [0.1, 0.15) is 0 Å². The molecule has 0 bridgehead atoms. The molecule has 3 aliphatic rings. The normalized spacial score (nSPS) is 24.9. The van der Waals surface area contributed by atoms with Crippen molar-refractivity contribution in [3.63, 3.8) is 0 Å². The Balaban J connectivity index is 1.36. The zero-order valence-electron chi connectivity index (χ0n) is 19.4. The fourth-order valence-electron chi connectivity index (χ4n) is 5.44. The lowest BCUT2D eigenvalue weighted by Gasteiger charge is -2.45. The Morgan fingerprint density at radius 2 is 1.94 bits per heavy atom. The number of ether oxygens (including phenoxy) is 1. The molecule has 3 saturated heterocycles. The van der Waals surface area contributed by atoms with Crippen LogP contribution in [0.15, 0.2) is 22.5 Å². The third kappa shape index (κ3) is 5.81. The van der Waals surface area contributed by atoms with E-state index in [-0.39, 0.29) is 5.54 Å². The largest absolute Gasteiger partial charge is 0.381 e. The second kappa shape index (κ2) is 11.1. The highest BCUT2D eigenvalue weighted by atomic mass is 32.1. The highest BCUT2D eigenvalue weighted by Gasteiger charge is 2.39. The van der Waals surface area contributed by atoms with E-state index in [0.29, 0.717) is 6.04 Å². The second-order valence-electron chi connectivity index (χ2n) is 9.59. The predicted octanol–water partition coefficient (Wildman–Crippen LogP) is 3.33. The molecule has 0 spiro atoms. The molecule has 4 heterocycles. The topological polar surface area (TPSA) is 52.1 Å². The first-order chi connectivity index (χ1) is 15.2. The lowest BCUT2D eigenvalue weighted by Crippen LogP contribution is -2.58. The Bertz CT molecular complexity index is 674. The molecule has 1 aromatic heterocycles. The van der Waals surface area contributed by atoms with Crippen LogP contribution in [0.25, 0.3) is 0 Å². The van der Waals surface area contributed by atoms with Crippen LogP contribution in [-0.2, 0) is 4.74 Å². The summed E-state index contributed by atoms with van der Waals surface area (Å²) in [6.45, 7) is 10.8. The SMILES string of the molecule is CN=C(NCC(c1cccs1)N1CCC(C)CC1)NCC1(N2CCCC2)CCOCC1. The lowest BCUT2D eigenvalue weighted by molar-refractivity contribution is -0.0164. The fraction of sp³-hybridized carbons (Fsp3) is 0.792. The maximum absolute atomic E-state index is 5.71. The second-order valence-corrected chi connectivity index (χ2v) is 10.6. The van der Waals surface area contributed by atoms with Crippen molar-refractivity contribution < 1.29 is 4.74 Å². The summed E-state index contributed by atoms with van der Waals surface area (Å²) in [5.74, 6) is 1.78. The number of likely N-dealkylation sites (tertiary alicyclic amines) is 2. The number of thiophene rings is 1. The van der Waals surface area contributed by atoms with Gasteiger partial charge in [0, 0.05) is 43.8 Å². The van der Waals surface area contributed by atoms with E-state index in [1.165, 1.54) is 56.7 Å². The Morgan fingerprint density at radius 1 is 1.19 bits per heavy atom. The fourth-order valence-corrected chi connectivity index (χ4v) is 6.30. The van der Waals surface area contributed by atoms with E-state index >= 15 is 0 Å². The van der Waals surface area contributed by atoms with Crippen LogP contribution in [0.5, 0.6) is 0 Å². The summed E-state index contributed by atoms with van der Waals surface area (Å²) in [6.07, 6.45) is 7.48. The zero-order valence-corrected chi connectivity index (χ0v) is 20.3. The van der Waals surface area contributed by atoms with E-state index in [9.17, 15) is 0 Å². The van der Waals surface area contributed by atoms with Gasteiger partial charge in [0.15, 0.2) is 5.96 Å².